The van der Waals surface area contributed by atoms with Gasteiger partial charge in [0.25, 0.3) is 0 Å². The largest absolute Gasteiger partial charge is 1.00 e. The summed E-state index contributed by atoms with van der Waals surface area (Å²) in [6.45, 7) is 5.01. The van der Waals surface area contributed by atoms with Gasteiger partial charge in [0.2, 0.25) is 0 Å². The highest BCUT2D eigenvalue weighted by atomic mass is 79.9. The van der Waals surface area contributed by atoms with E-state index in [-0.39, 0.29) is 17.0 Å². The van der Waals surface area contributed by atoms with E-state index in [1.54, 1.807) is 6.08 Å². The Balaban J connectivity index is 0.00000320. The van der Waals surface area contributed by atoms with Crippen LogP contribution in [0.3, 0.4) is 0 Å². The lowest BCUT2D eigenvalue weighted by Gasteiger charge is -2.09. The van der Waals surface area contributed by atoms with E-state index in [2.05, 4.69) is 29.3 Å². The van der Waals surface area contributed by atoms with E-state index in [1.807, 2.05) is 66.7 Å². The molecule has 0 aliphatic carbocycles. The molecule has 0 saturated carbocycles. The van der Waals surface area contributed by atoms with Crippen LogP contribution in [0.4, 0.5) is 11.4 Å². The first-order valence-corrected chi connectivity index (χ1v) is 9.93. The van der Waals surface area contributed by atoms with E-state index in [1.165, 1.54) is 5.56 Å². The molecule has 0 atom stereocenters. The number of hydrogen-bond acceptors (Lipinski definition) is 2. The Hall–Kier alpha value is -2.60. The minimum absolute atomic E-state index is 0. The highest BCUT2D eigenvalue weighted by Crippen LogP contribution is 2.18. The molecule has 0 radical (unpaired) electrons. The number of nitrogens with zero attached hydrogens (tertiary/aromatic N) is 1. The van der Waals surface area contributed by atoms with Crippen molar-refractivity contribution in [3.05, 3.63) is 102 Å². The van der Waals surface area contributed by atoms with Gasteiger partial charge in [0.15, 0.2) is 0 Å². The molecule has 0 amide bonds. The summed E-state index contributed by atoms with van der Waals surface area (Å²) in [7, 11) is 0. The lowest BCUT2D eigenvalue weighted by atomic mass is 10.1. The van der Waals surface area contributed by atoms with Crippen molar-refractivity contribution < 1.29 is 27.0 Å². The fourth-order valence-electron chi connectivity index (χ4n) is 2.73. The summed E-state index contributed by atoms with van der Waals surface area (Å²) < 4.78 is 5.53. The monoisotopic (exact) mass is 485 g/mol. The standard InChI is InChI=1S/C24H24ClN3O.BrH/c1-2-18-29-23-14-12-22(13-15-23)28-24(27-21-6-4-3-5-7-21)26-17-16-19-8-10-20(25)11-9-19;/h2-15H,1,16-18H2,(H2,26,27,28);1H. The number of benzene rings is 3. The molecule has 3 aromatic rings. The second-order valence-corrected chi connectivity index (χ2v) is 6.89. The van der Waals surface area contributed by atoms with E-state index < -0.39 is 0 Å². The number of hydrogen-bond donors (Lipinski definition) is 2. The van der Waals surface area contributed by atoms with Crippen molar-refractivity contribution in [3.63, 3.8) is 0 Å². The second-order valence-electron chi connectivity index (χ2n) is 6.45. The number of quaternary nitrogens is 1. The van der Waals surface area contributed by atoms with E-state index in [0.717, 1.165) is 41.1 Å². The maximum Gasteiger partial charge on any atom is 0.303 e. The summed E-state index contributed by atoms with van der Waals surface area (Å²) in [5, 5.41) is 6.27. The first kappa shape index (κ1) is 23.7. The Morgan fingerprint density at radius 2 is 1.70 bits per heavy atom. The maximum absolute atomic E-state index is 5.97. The molecule has 0 saturated heterocycles. The zero-order valence-electron chi connectivity index (χ0n) is 16.6. The van der Waals surface area contributed by atoms with Gasteiger partial charge in [-0.05, 0) is 54.1 Å². The number of para-hydroxylation sites is 1. The summed E-state index contributed by atoms with van der Waals surface area (Å²) in [5.41, 5.74) is 3.10. The third kappa shape index (κ3) is 8.03. The van der Waals surface area contributed by atoms with Crippen LogP contribution in [0, 0.1) is 0 Å². The Morgan fingerprint density at radius 3 is 2.37 bits per heavy atom. The fraction of sp³-hybridized carbons (Fsp3) is 0.125. The molecule has 0 aromatic heterocycles. The van der Waals surface area contributed by atoms with Gasteiger partial charge >= 0.3 is 5.96 Å². The molecule has 4 nitrogen and oxygen atoms in total. The number of guanidine groups is 1. The van der Waals surface area contributed by atoms with Gasteiger partial charge < -0.3 is 21.7 Å². The lowest BCUT2D eigenvalue weighted by Crippen LogP contribution is -3.00. The maximum atomic E-state index is 5.97. The minimum Gasteiger partial charge on any atom is -1.00 e. The molecule has 6 heteroatoms. The predicted octanol–water partition coefficient (Wildman–Crippen LogP) is 1.81. The Bertz CT molecular complexity index is 929. The van der Waals surface area contributed by atoms with Crippen LogP contribution in [0.25, 0.3) is 0 Å². The summed E-state index contributed by atoms with van der Waals surface area (Å²) >= 11 is 5.97. The molecule has 156 valence electrons. The van der Waals surface area contributed by atoms with Gasteiger partial charge in [0.1, 0.15) is 12.4 Å². The van der Waals surface area contributed by atoms with Gasteiger partial charge in [0.05, 0.1) is 12.2 Å². The first-order valence-electron chi connectivity index (χ1n) is 9.55. The fourth-order valence-corrected chi connectivity index (χ4v) is 2.86. The third-order valence-electron chi connectivity index (χ3n) is 4.18. The highest BCUT2D eigenvalue weighted by molar-refractivity contribution is 6.30. The highest BCUT2D eigenvalue weighted by Gasteiger charge is 2.06. The SMILES string of the molecule is C=CCOc1ccc(N=C(Nc2ccccc2)[NH2+]CCc2ccc(Cl)cc2)cc1.[Br-]. The normalized spacial score (nSPS) is 10.8. The smallest absolute Gasteiger partial charge is 0.303 e. The topological polar surface area (TPSA) is 50.2 Å². The molecule has 3 rings (SSSR count). The predicted molar refractivity (Wildman–Crippen MR) is 121 cm³/mol. The van der Waals surface area contributed by atoms with Crippen LogP contribution in [0.15, 0.2) is 96.5 Å². The van der Waals surface area contributed by atoms with Gasteiger partial charge in [-0.1, -0.05) is 54.6 Å². The van der Waals surface area contributed by atoms with Crippen LogP contribution >= 0.6 is 11.6 Å². The number of ether oxygens (including phenoxy) is 1. The average molecular weight is 487 g/mol. The molecule has 0 bridgehead atoms. The van der Waals surface area contributed by atoms with Gasteiger partial charge in [-0.25, -0.2) is 0 Å². The molecule has 3 N–H and O–H groups in total. The number of aliphatic imine (C=N–C) groups is 1. The second kappa shape index (κ2) is 12.9. The molecule has 30 heavy (non-hydrogen) atoms. The lowest BCUT2D eigenvalue weighted by molar-refractivity contribution is -0.539. The Morgan fingerprint density at radius 1 is 1.00 bits per heavy atom. The zero-order valence-corrected chi connectivity index (χ0v) is 18.9. The molecule has 3 aromatic carbocycles. The van der Waals surface area contributed by atoms with E-state index in [9.17, 15) is 0 Å². The van der Waals surface area contributed by atoms with Crippen molar-refractivity contribution in [3.8, 4) is 5.75 Å². The molecule has 0 heterocycles. The van der Waals surface area contributed by atoms with Crippen LogP contribution < -0.4 is 32.4 Å². The van der Waals surface area contributed by atoms with E-state index >= 15 is 0 Å². The average Bonchev–Trinajstić information content (AvgIpc) is 2.75. The van der Waals surface area contributed by atoms with Gasteiger partial charge in [0, 0.05) is 17.1 Å². The van der Waals surface area contributed by atoms with Crippen molar-refractivity contribution in [1.82, 2.24) is 0 Å². The quantitative estimate of drug-likeness (QED) is 0.290. The molecular formula is C24H25BrClN3O. The number of anilines is 1. The molecule has 0 spiro atoms. The number of nitrogens with two attached hydrogens (primary N) is 1. The third-order valence-corrected chi connectivity index (χ3v) is 4.44. The van der Waals surface area contributed by atoms with E-state index in [4.69, 9.17) is 21.3 Å². The van der Waals surface area contributed by atoms with Gasteiger partial charge in [-0.3, -0.25) is 10.6 Å². The molecule has 0 aliphatic rings. The van der Waals surface area contributed by atoms with Crippen molar-refractivity contribution in [2.75, 3.05) is 18.5 Å². The molecule has 0 unspecified atom stereocenters. The van der Waals surface area contributed by atoms with Gasteiger partial charge in [-0.15, -0.1) is 0 Å². The Labute approximate surface area is 193 Å². The summed E-state index contributed by atoms with van der Waals surface area (Å²) in [6, 6.07) is 25.7. The first-order chi connectivity index (χ1) is 14.2. The number of rotatable bonds is 8. The van der Waals surface area contributed by atoms with Crippen LogP contribution in [-0.4, -0.2) is 19.1 Å². The summed E-state index contributed by atoms with van der Waals surface area (Å²) in [6.07, 6.45) is 2.64. The van der Waals surface area contributed by atoms with Crippen LogP contribution in [0.5, 0.6) is 5.75 Å². The van der Waals surface area contributed by atoms with Gasteiger partial charge in [-0.2, -0.15) is 4.99 Å². The molecule has 0 aliphatic heterocycles. The number of nitrogens with one attached hydrogen (secondary N) is 1. The number of halogens is 2. The summed E-state index contributed by atoms with van der Waals surface area (Å²) in [5.74, 6) is 1.61. The molecular weight excluding hydrogens is 462 g/mol. The zero-order chi connectivity index (χ0) is 20.3. The Kier molecular flexibility index (Phi) is 10.1. The summed E-state index contributed by atoms with van der Waals surface area (Å²) in [4.78, 5) is 4.77. The minimum atomic E-state index is 0. The van der Waals surface area contributed by atoms with Crippen molar-refractivity contribution in [2.24, 2.45) is 4.99 Å². The van der Waals surface area contributed by atoms with E-state index in [0.29, 0.717) is 6.61 Å². The van der Waals surface area contributed by atoms with Crippen molar-refractivity contribution in [2.45, 2.75) is 6.42 Å². The van der Waals surface area contributed by atoms with Crippen molar-refractivity contribution in [1.29, 1.82) is 0 Å². The van der Waals surface area contributed by atoms with Crippen LogP contribution in [-0.2, 0) is 6.42 Å². The van der Waals surface area contributed by atoms with Crippen molar-refractivity contribution >= 4 is 28.9 Å². The van der Waals surface area contributed by atoms with Crippen LogP contribution in [0.1, 0.15) is 5.56 Å². The van der Waals surface area contributed by atoms with Crippen LogP contribution in [0.2, 0.25) is 5.02 Å². The molecule has 0 fully saturated rings.